The van der Waals surface area contributed by atoms with Crippen LogP contribution in [0.5, 0.6) is 0 Å². The molecule has 0 N–H and O–H groups in total. The van der Waals surface area contributed by atoms with Gasteiger partial charge in [-0.15, -0.1) is 0 Å². The Labute approximate surface area is 247 Å². The van der Waals surface area contributed by atoms with E-state index in [1.54, 1.807) is 11.1 Å². The third-order valence-electron chi connectivity index (χ3n) is 9.19. The van der Waals surface area contributed by atoms with Gasteiger partial charge in [0.05, 0.1) is 0 Å². The predicted octanol–water partition coefficient (Wildman–Crippen LogP) is 11.3. The minimum Gasteiger partial charge on any atom is -0.0627 e. The number of aryl methyl sites for hydroxylation is 2. The second kappa shape index (κ2) is 11.0. The number of benzene rings is 4. The van der Waals surface area contributed by atoms with Gasteiger partial charge in [0.15, 0.2) is 0 Å². The molecule has 0 amide bonds. The first-order valence-corrected chi connectivity index (χ1v) is 15.5. The van der Waals surface area contributed by atoms with Crippen LogP contribution in [0, 0.1) is 31.1 Å². The van der Waals surface area contributed by atoms with Crippen LogP contribution >= 0.6 is 0 Å². The molecule has 0 heteroatoms. The molecule has 0 unspecified atom stereocenters. The zero-order valence-electron chi connectivity index (χ0n) is 25.7. The molecule has 0 fully saturated rings. The quantitative estimate of drug-likeness (QED) is 0.210. The van der Waals surface area contributed by atoms with E-state index in [0.29, 0.717) is 11.8 Å². The van der Waals surface area contributed by atoms with Crippen molar-refractivity contribution in [3.8, 4) is 22.3 Å². The molecular weight excluding hydrogens is 492 g/mol. The Kier molecular flexibility index (Phi) is 7.37. The number of rotatable bonds is 8. The van der Waals surface area contributed by atoms with Crippen LogP contribution in [0.4, 0.5) is 0 Å². The van der Waals surface area contributed by atoms with E-state index in [0.717, 1.165) is 12.8 Å². The first-order chi connectivity index (χ1) is 19.7. The largest absolute Gasteiger partial charge is 0.0627 e. The molecule has 6 rings (SSSR count). The first kappa shape index (κ1) is 27.5. The fourth-order valence-electron chi connectivity index (χ4n) is 7.69. The van der Waals surface area contributed by atoms with Crippen molar-refractivity contribution >= 4 is 12.2 Å². The lowest BCUT2D eigenvalue weighted by Gasteiger charge is -2.40. The maximum Gasteiger partial charge on any atom is 0.0139 e. The van der Waals surface area contributed by atoms with Gasteiger partial charge in [0.25, 0.3) is 0 Å². The predicted molar refractivity (Wildman–Crippen MR) is 178 cm³/mol. The average Bonchev–Trinajstić information content (AvgIpc) is 3.57. The molecule has 0 aromatic heterocycles. The van der Waals surface area contributed by atoms with Crippen LogP contribution in [-0.4, -0.2) is 0 Å². The lowest BCUT2D eigenvalue weighted by Crippen LogP contribution is -2.30. The molecule has 0 bridgehead atoms. The maximum absolute atomic E-state index is 2.60. The molecule has 2 aliphatic carbocycles. The Hall–Kier alpha value is -3.64. The summed E-state index contributed by atoms with van der Waals surface area (Å²) in [7, 11) is 0. The molecule has 4 aromatic rings. The van der Waals surface area contributed by atoms with Crippen LogP contribution in [0.25, 0.3) is 34.4 Å². The highest BCUT2D eigenvalue weighted by Gasteiger charge is 2.42. The van der Waals surface area contributed by atoms with Crippen molar-refractivity contribution in [2.24, 2.45) is 17.3 Å². The third kappa shape index (κ3) is 5.26. The fourth-order valence-corrected chi connectivity index (χ4v) is 7.69. The van der Waals surface area contributed by atoms with Crippen LogP contribution < -0.4 is 0 Å². The van der Waals surface area contributed by atoms with Crippen molar-refractivity contribution in [3.63, 3.8) is 0 Å². The Balaban J connectivity index is 1.50. The molecule has 0 spiro atoms. The van der Waals surface area contributed by atoms with Gasteiger partial charge >= 0.3 is 0 Å². The smallest absolute Gasteiger partial charge is 0.0139 e. The fraction of sp³-hybridized carbons (Fsp3) is 0.317. The zero-order chi connectivity index (χ0) is 28.7. The van der Waals surface area contributed by atoms with Crippen LogP contribution in [0.15, 0.2) is 96.1 Å². The summed E-state index contributed by atoms with van der Waals surface area (Å²) in [5.74, 6) is 1.21. The Morgan fingerprint density at radius 3 is 1.37 bits per heavy atom. The number of allylic oxidation sites excluding steroid dienone is 2. The molecule has 0 radical (unpaired) electrons. The molecule has 0 saturated heterocycles. The Morgan fingerprint density at radius 1 is 0.561 bits per heavy atom. The van der Waals surface area contributed by atoms with Gasteiger partial charge in [-0.05, 0) is 95.9 Å². The van der Waals surface area contributed by atoms with Gasteiger partial charge in [0, 0.05) is 5.41 Å². The van der Waals surface area contributed by atoms with Crippen molar-refractivity contribution in [1.29, 1.82) is 0 Å². The van der Waals surface area contributed by atoms with Gasteiger partial charge in [0.2, 0.25) is 0 Å². The third-order valence-corrected chi connectivity index (χ3v) is 9.19. The van der Waals surface area contributed by atoms with Crippen LogP contribution in [0.3, 0.4) is 0 Å². The summed E-state index contributed by atoms with van der Waals surface area (Å²) in [6, 6.07) is 31.9. The summed E-state index contributed by atoms with van der Waals surface area (Å²) < 4.78 is 0. The molecule has 4 aromatic carbocycles. The minimum absolute atomic E-state index is 0.0497. The first-order valence-electron chi connectivity index (χ1n) is 15.5. The average molecular weight is 537 g/mol. The van der Waals surface area contributed by atoms with Gasteiger partial charge in [-0.25, -0.2) is 0 Å². The van der Waals surface area contributed by atoms with Gasteiger partial charge in [-0.1, -0.05) is 147 Å². The van der Waals surface area contributed by atoms with Crippen molar-refractivity contribution < 1.29 is 0 Å². The number of fused-ring (bicyclic) bond motifs is 2. The summed E-state index contributed by atoms with van der Waals surface area (Å²) >= 11 is 0. The van der Waals surface area contributed by atoms with Gasteiger partial charge < -0.3 is 0 Å². The summed E-state index contributed by atoms with van der Waals surface area (Å²) in [6.07, 6.45) is 9.67. The van der Waals surface area contributed by atoms with Crippen LogP contribution in [-0.2, 0) is 12.8 Å². The van der Waals surface area contributed by atoms with E-state index in [1.165, 1.54) is 68.5 Å². The molecular formula is C41H44. The van der Waals surface area contributed by atoms with E-state index in [9.17, 15) is 0 Å². The topological polar surface area (TPSA) is 0 Å². The zero-order valence-corrected chi connectivity index (χ0v) is 25.7. The highest BCUT2D eigenvalue weighted by Crippen LogP contribution is 2.55. The highest BCUT2D eigenvalue weighted by molar-refractivity contribution is 5.84. The van der Waals surface area contributed by atoms with E-state index < -0.39 is 0 Å². The van der Waals surface area contributed by atoms with Gasteiger partial charge in [-0.2, -0.15) is 0 Å². The monoisotopic (exact) mass is 536 g/mol. The number of hydrogen-bond donors (Lipinski definition) is 0. The Morgan fingerprint density at radius 2 is 0.976 bits per heavy atom. The SMILES string of the molecule is Cc1cccc(-c2cccc3c2C=C(C(CC(C)C)(CC(C)C)C2=Cc4c(cccc4-c4cccc(C)c4)C2)C3)c1. The van der Waals surface area contributed by atoms with Gasteiger partial charge in [-0.3, -0.25) is 0 Å². The van der Waals surface area contributed by atoms with E-state index in [-0.39, 0.29) is 5.41 Å². The summed E-state index contributed by atoms with van der Waals surface area (Å²) in [5, 5.41) is 0. The molecule has 0 atom stereocenters. The molecule has 2 aliphatic rings. The second-order valence-electron chi connectivity index (χ2n) is 13.5. The summed E-state index contributed by atoms with van der Waals surface area (Å²) in [6.45, 7) is 14.0. The lowest BCUT2D eigenvalue weighted by atomic mass is 9.63. The van der Waals surface area contributed by atoms with Gasteiger partial charge in [0.1, 0.15) is 0 Å². The molecule has 0 aliphatic heterocycles. The molecule has 0 saturated carbocycles. The van der Waals surface area contributed by atoms with Crippen molar-refractivity contribution in [1.82, 2.24) is 0 Å². The van der Waals surface area contributed by atoms with Crippen molar-refractivity contribution in [2.45, 2.75) is 67.2 Å². The second-order valence-corrected chi connectivity index (χ2v) is 13.5. The van der Waals surface area contributed by atoms with E-state index in [2.05, 4.69) is 139 Å². The summed E-state index contributed by atoms with van der Waals surface area (Å²) in [5.41, 5.74) is 17.1. The Bertz CT molecular complexity index is 1530. The molecule has 0 nitrogen and oxygen atoms in total. The van der Waals surface area contributed by atoms with E-state index in [4.69, 9.17) is 0 Å². The van der Waals surface area contributed by atoms with Crippen molar-refractivity contribution in [3.05, 3.63) is 129 Å². The van der Waals surface area contributed by atoms with E-state index in [1.807, 2.05) is 0 Å². The molecule has 0 heterocycles. The number of hydrogen-bond acceptors (Lipinski definition) is 0. The van der Waals surface area contributed by atoms with Crippen LogP contribution in [0.2, 0.25) is 0 Å². The molecule has 208 valence electrons. The lowest BCUT2D eigenvalue weighted by molar-refractivity contribution is 0.273. The summed E-state index contributed by atoms with van der Waals surface area (Å²) in [4.78, 5) is 0. The minimum atomic E-state index is 0.0497. The van der Waals surface area contributed by atoms with Crippen LogP contribution in [0.1, 0.15) is 73.9 Å². The van der Waals surface area contributed by atoms with Crippen molar-refractivity contribution in [2.75, 3.05) is 0 Å². The maximum atomic E-state index is 2.60. The standard InChI is InChI=1S/C41H44/c1-27(2)25-41(26-28(3)4,35-21-33-15-9-17-37(39(33)23-35)31-13-7-11-29(5)19-31)36-22-34-16-10-18-38(40(34)24-36)32-14-8-12-30(6)20-32/h7-20,23-24,27-28H,21-22,25-26H2,1-6H3. The van der Waals surface area contributed by atoms with E-state index >= 15 is 0 Å². The highest BCUT2D eigenvalue weighted by atomic mass is 14.5. The molecule has 41 heavy (non-hydrogen) atoms. The normalized spacial score (nSPS) is 14.3.